The van der Waals surface area contributed by atoms with E-state index in [0.29, 0.717) is 6.04 Å². The highest BCUT2D eigenvalue weighted by molar-refractivity contribution is 7.99. The van der Waals surface area contributed by atoms with E-state index in [0.717, 1.165) is 41.7 Å². The van der Waals surface area contributed by atoms with Gasteiger partial charge in [-0.2, -0.15) is 11.8 Å². The van der Waals surface area contributed by atoms with Gasteiger partial charge in [0, 0.05) is 23.9 Å². The first kappa shape index (κ1) is 16.2. The lowest BCUT2D eigenvalue weighted by molar-refractivity contribution is 0.337. The zero-order chi connectivity index (χ0) is 14.1. The molecule has 0 radical (unpaired) electrons. The van der Waals surface area contributed by atoms with Crippen molar-refractivity contribution in [3.05, 3.63) is 23.8 Å². The van der Waals surface area contributed by atoms with E-state index in [-0.39, 0.29) is 0 Å². The normalized spacial score (nSPS) is 10.8. The third-order valence-electron chi connectivity index (χ3n) is 2.66. The predicted molar refractivity (Wildman–Crippen MR) is 83.5 cm³/mol. The highest BCUT2D eigenvalue weighted by Gasteiger charge is 2.06. The Balaban J connectivity index is 2.65. The van der Waals surface area contributed by atoms with E-state index in [4.69, 9.17) is 9.47 Å². The molecule has 3 nitrogen and oxygen atoms in total. The minimum atomic E-state index is 0.453. The first-order chi connectivity index (χ1) is 9.17. The third kappa shape index (κ3) is 6.21. The smallest absolute Gasteiger partial charge is 0.124 e. The van der Waals surface area contributed by atoms with Crippen molar-refractivity contribution in [3.63, 3.8) is 0 Å². The van der Waals surface area contributed by atoms with E-state index in [1.807, 2.05) is 30.0 Å². The number of hydrogen-bond acceptors (Lipinski definition) is 4. The first-order valence-electron chi connectivity index (χ1n) is 6.78. The molecule has 0 aliphatic heterocycles. The summed E-state index contributed by atoms with van der Waals surface area (Å²) in [5.74, 6) is 3.98. The molecule has 4 heteroatoms. The molecule has 0 fully saturated rings. The second-order valence-electron chi connectivity index (χ2n) is 4.55. The Hall–Kier alpha value is -0.870. The van der Waals surface area contributed by atoms with Crippen molar-refractivity contribution in [2.45, 2.75) is 33.4 Å². The van der Waals surface area contributed by atoms with Crippen LogP contribution in [0.1, 0.15) is 26.3 Å². The molecule has 1 rings (SSSR count). The number of ether oxygens (including phenoxy) is 2. The monoisotopic (exact) mass is 283 g/mol. The summed E-state index contributed by atoms with van der Waals surface area (Å²) in [5, 5.41) is 3.41. The predicted octanol–water partition coefficient (Wildman–Crippen LogP) is 3.33. The van der Waals surface area contributed by atoms with Crippen molar-refractivity contribution >= 4 is 11.8 Å². The Labute approximate surface area is 121 Å². The highest BCUT2D eigenvalue weighted by atomic mass is 32.2. The summed E-state index contributed by atoms with van der Waals surface area (Å²) in [7, 11) is 1.69. The van der Waals surface area contributed by atoms with Crippen LogP contribution in [-0.2, 0) is 6.54 Å². The van der Waals surface area contributed by atoms with E-state index < -0.39 is 0 Å². The summed E-state index contributed by atoms with van der Waals surface area (Å²) in [6.45, 7) is 7.98. The average Bonchev–Trinajstić information content (AvgIpc) is 2.42. The number of methoxy groups -OCH3 is 1. The zero-order valence-electron chi connectivity index (χ0n) is 12.4. The molecule has 0 spiro atoms. The highest BCUT2D eigenvalue weighted by Crippen LogP contribution is 2.24. The fourth-order valence-corrected chi connectivity index (χ4v) is 2.12. The molecule has 19 heavy (non-hydrogen) atoms. The molecule has 0 aromatic heterocycles. The van der Waals surface area contributed by atoms with Gasteiger partial charge in [-0.1, -0.05) is 20.8 Å². The van der Waals surface area contributed by atoms with E-state index in [2.05, 4.69) is 26.1 Å². The van der Waals surface area contributed by atoms with Crippen LogP contribution in [-0.4, -0.2) is 31.3 Å². The van der Waals surface area contributed by atoms with Gasteiger partial charge in [0.1, 0.15) is 11.5 Å². The van der Waals surface area contributed by atoms with Crippen molar-refractivity contribution in [2.24, 2.45) is 0 Å². The summed E-state index contributed by atoms with van der Waals surface area (Å²) in [6.07, 6.45) is 0. The van der Waals surface area contributed by atoms with Crippen LogP contribution in [0.25, 0.3) is 0 Å². The summed E-state index contributed by atoms with van der Waals surface area (Å²) >= 11 is 1.89. The Morgan fingerprint density at radius 2 is 2.11 bits per heavy atom. The van der Waals surface area contributed by atoms with Gasteiger partial charge in [-0.05, 0) is 24.0 Å². The SMILES string of the molecule is CCSCCOc1ccc(OC)cc1CNC(C)C. The molecular weight excluding hydrogens is 258 g/mol. The van der Waals surface area contributed by atoms with Crippen molar-refractivity contribution in [2.75, 3.05) is 25.2 Å². The van der Waals surface area contributed by atoms with E-state index >= 15 is 0 Å². The van der Waals surface area contributed by atoms with Gasteiger partial charge < -0.3 is 14.8 Å². The van der Waals surface area contributed by atoms with Gasteiger partial charge in [0.25, 0.3) is 0 Å². The van der Waals surface area contributed by atoms with Crippen LogP contribution in [0.2, 0.25) is 0 Å². The topological polar surface area (TPSA) is 30.5 Å². The van der Waals surface area contributed by atoms with Gasteiger partial charge in [-0.3, -0.25) is 0 Å². The summed E-state index contributed by atoms with van der Waals surface area (Å²) in [4.78, 5) is 0. The van der Waals surface area contributed by atoms with Gasteiger partial charge in [-0.25, -0.2) is 0 Å². The molecule has 108 valence electrons. The van der Waals surface area contributed by atoms with Crippen LogP contribution in [0, 0.1) is 0 Å². The lowest BCUT2D eigenvalue weighted by Gasteiger charge is -2.15. The summed E-state index contributed by atoms with van der Waals surface area (Å²) in [5.41, 5.74) is 1.15. The third-order valence-corrected chi connectivity index (χ3v) is 3.52. The fourth-order valence-electron chi connectivity index (χ4n) is 1.63. The number of thioether (sulfide) groups is 1. The maximum Gasteiger partial charge on any atom is 0.124 e. The van der Waals surface area contributed by atoms with Crippen molar-refractivity contribution in [1.29, 1.82) is 0 Å². The fraction of sp³-hybridized carbons (Fsp3) is 0.600. The minimum absolute atomic E-state index is 0.453. The summed E-state index contributed by atoms with van der Waals surface area (Å²) in [6, 6.07) is 6.43. The number of nitrogens with one attached hydrogen (secondary N) is 1. The van der Waals surface area contributed by atoms with Crippen molar-refractivity contribution in [1.82, 2.24) is 5.32 Å². The molecule has 0 heterocycles. The van der Waals surface area contributed by atoms with Crippen LogP contribution in [0.5, 0.6) is 11.5 Å². The van der Waals surface area contributed by atoms with Crippen molar-refractivity contribution in [3.8, 4) is 11.5 Å². The number of hydrogen-bond donors (Lipinski definition) is 1. The molecule has 0 bridgehead atoms. The molecule has 1 N–H and O–H groups in total. The van der Waals surface area contributed by atoms with Gasteiger partial charge >= 0.3 is 0 Å². The Bertz CT molecular complexity index is 369. The van der Waals surface area contributed by atoms with Gasteiger partial charge in [0.05, 0.1) is 13.7 Å². The standard InChI is InChI=1S/C15H25NO2S/c1-5-19-9-8-18-15-7-6-14(17-4)10-13(15)11-16-12(2)3/h6-7,10,12,16H,5,8-9,11H2,1-4H3. The van der Waals surface area contributed by atoms with Crippen LogP contribution >= 0.6 is 11.8 Å². The minimum Gasteiger partial charge on any atom is -0.497 e. The second kappa shape index (κ2) is 9.10. The molecule has 0 aliphatic carbocycles. The van der Waals surface area contributed by atoms with Gasteiger partial charge in [-0.15, -0.1) is 0 Å². The van der Waals surface area contributed by atoms with Gasteiger partial charge in [0.15, 0.2) is 0 Å². The van der Waals surface area contributed by atoms with E-state index in [9.17, 15) is 0 Å². The maximum absolute atomic E-state index is 5.85. The largest absolute Gasteiger partial charge is 0.497 e. The van der Waals surface area contributed by atoms with E-state index in [1.165, 1.54) is 0 Å². The first-order valence-corrected chi connectivity index (χ1v) is 7.93. The average molecular weight is 283 g/mol. The molecule has 1 aromatic rings. The van der Waals surface area contributed by atoms with Crippen LogP contribution < -0.4 is 14.8 Å². The van der Waals surface area contributed by atoms with Crippen LogP contribution in [0.4, 0.5) is 0 Å². The molecule has 0 unspecified atom stereocenters. The Morgan fingerprint density at radius 3 is 2.74 bits per heavy atom. The number of benzene rings is 1. The van der Waals surface area contributed by atoms with Crippen molar-refractivity contribution < 1.29 is 9.47 Å². The Morgan fingerprint density at radius 1 is 1.32 bits per heavy atom. The molecule has 0 saturated heterocycles. The molecular formula is C15H25NO2S. The lowest BCUT2D eigenvalue weighted by Crippen LogP contribution is -2.22. The molecule has 0 aliphatic rings. The maximum atomic E-state index is 5.85. The molecule has 0 saturated carbocycles. The Kier molecular flexibility index (Phi) is 7.75. The number of rotatable bonds is 9. The van der Waals surface area contributed by atoms with E-state index in [1.54, 1.807) is 7.11 Å². The quantitative estimate of drug-likeness (QED) is 0.704. The molecule has 0 atom stereocenters. The lowest BCUT2D eigenvalue weighted by atomic mass is 10.1. The van der Waals surface area contributed by atoms with Crippen LogP contribution in [0.3, 0.4) is 0 Å². The second-order valence-corrected chi connectivity index (χ2v) is 5.95. The molecule has 0 amide bonds. The van der Waals surface area contributed by atoms with Gasteiger partial charge in [0.2, 0.25) is 0 Å². The summed E-state index contributed by atoms with van der Waals surface area (Å²) < 4.78 is 11.1. The van der Waals surface area contributed by atoms with Crippen LogP contribution in [0.15, 0.2) is 18.2 Å². The zero-order valence-corrected chi connectivity index (χ0v) is 13.2. The molecule has 1 aromatic carbocycles.